The number of aromatic nitrogens is 1. The molecule has 26 heavy (non-hydrogen) atoms. The van der Waals surface area contributed by atoms with Crippen LogP contribution in [0, 0.1) is 18.7 Å². The Bertz CT molecular complexity index is 814. The lowest BCUT2D eigenvalue weighted by Crippen LogP contribution is -2.44. The summed E-state index contributed by atoms with van der Waals surface area (Å²) in [5.74, 6) is -2.86. The van der Waals surface area contributed by atoms with E-state index in [-0.39, 0.29) is 47.0 Å². The highest BCUT2D eigenvalue weighted by Gasteiger charge is 2.43. The molecule has 1 saturated heterocycles. The van der Waals surface area contributed by atoms with Crippen LogP contribution in [0.1, 0.15) is 29.0 Å². The lowest BCUT2D eigenvalue weighted by molar-refractivity contribution is -0.184. The van der Waals surface area contributed by atoms with Gasteiger partial charge in [-0.25, -0.2) is 4.39 Å². The van der Waals surface area contributed by atoms with Crippen molar-refractivity contribution in [1.82, 2.24) is 10.1 Å². The zero-order valence-electron chi connectivity index (χ0n) is 13.7. The number of piperidine rings is 1. The maximum atomic E-state index is 14.2. The first-order chi connectivity index (χ1) is 12.2. The predicted octanol–water partition coefficient (Wildman–Crippen LogP) is 4.86. The summed E-state index contributed by atoms with van der Waals surface area (Å²) in [6, 6.07) is 3.98. The first kappa shape index (κ1) is 18.7. The number of amides is 1. The largest absolute Gasteiger partial charge is 0.393 e. The van der Waals surface area contributed by atoms with Crippen molar-refractivity contribution in [2.24, 2.45) is 5.92 Å². The summed E-state index contributed by atoms with van der Waals surface area (Å²) in [4.78, 5) is 14.0. The third kappa shape index (κ3) is 3.42. The van der Waals surface area contributed by atoms with Crippen molar-refractivity contribution in [3.63, 3.8) is 0 Å². The third-order valence-electron chi connectivity index (χ3n) is 4.45. The van der Waals surface area contributed by atoms with Crippen LogP contribution in [0.15, 0.2) is 22.7 Å². The number of halogens is 5. The topological polar surface area (TPSA) is 46.3 Å². The molecule has 0 spiro atoms. The maximum Gasteiger partial charge on any atom is 0.393 e. The van der Waals surface area contributed by atoms with Gasteiger partial charge in [0.1, 0.15) is 22.8 Å². The molecule has 0 N–H and O–H groups in total. The summed E-state index contributed by atoms with van der Waals surface area (Å²) >= 11 is 6.02. The van der Waals surface area contributed by atoms with Gasteiger partial charge in [0, 0.05) is 13.1 Å². The molecule has 2 aromatic rings. The summed E-state index contributed by atoms with van der Waals surface area (Å²) < 4.78 is 58.3. The molecule has 3 rings (SSSR count). The summed E-state index contributed by atoms with van der Waals surface area (Å²) in [5, 5.41) is 3.75. The van der Waals surface area contributed by atoms with Gasteiger partial charge in [0.2, 0.25) is 0 Å². The summed E-state index contributed by atoms with van der Waals surface area (Å²) in [6.45, 7) is 1.18. The molecule has 1 unspecified atom stereocenters. The summed E-state index contributed by atoms with van der Waals surface area (Å²) in [7, 11) is 0. The minimum atomic E-state index is -4.37. The highest BCUT2D eigenvalue weighted by Crippen LogP contribution is 2.36. The number of hydrogen-bond acceptors (Lipinski definition) is 3. The van der Waals surface area contributed by atoms with E-state index in [0.717, 1.165) is 11.0 Å². The molecular weight excluding hydrogens is 376 g/mol. The molecule has 4 nitrogen and oxygen atoms in total. The number of likely N-dealkylation sites (tertiary alicyclic amines) is 1. The Kier molecular flexibility index (Phi) is 4.96. The molecule has 1 fully saturated rings. The Morgan fingerprint density at radius 1 is 1.38 bits per heavy atom. The highest BCUT2D eigenvalue weighted by atomic mass is 35.5. The zero-order valence-corrected chi connectivity index (χ0v) is 14.5. The van der Waals surface area contributed by atoms with E-state index in [1.165, 1.54) is 19.1 Å². The normalized spacial score (nSPS) is 18.2. The number of aryl methyl sites for hydroxylation is 1. The molecular formula is C17H15ClF4N2O2. The standard InChI is InChI=1S/C17H15ClF4N2O2/c1-9-13(15(23-26-9)14-11(18)5-2-6-12(14)19)16(25)24-7-3-4-10(8-24)17(20,21)22/h2,5-6,10H,3-4,7-8H2,1H3. The van der Waals surface area contributed by atoms with E-state index in [1.807, 2.05) is 0 Å². The van der Waals surface area contributed by atoms with Crippen LogP contribution in [0.3, 0.4) is 0 Å². The number of benzene rings is 1. The van der Waals surface area contributed by atoms with Crippen LogP contribution in [0.5, 0.6) is 0 Å². The van der Waals surface area contributed by atoms with Crippen molar-refractivity contribution >= 4 is 17.5 Å². The molecule has 1 aromatic carbocycles. The Morgan fingerprint density at radius 3 is 2.77 bits per heavy atom. The van der Waals surface area contributed by atoms with Crippen molar-refractivity contribution in [2.75, 3.05) is 13.1 Å². The highest BCUT2D eigenvalue weighted by molar-refractivity contribution is 6.33. The monoisotopic (exact) mass is 390 g/mol. The minimum Gasteiger partial charge on any atom is -0.360 e. The summed E-state index contributed by atoms with van der Waals surface area (Å²) in [6.07, 6.45) is -4.17. The van der Waals surface area contributed by atoms with Crippen LogP contribution in [0.25, 0.3) is 11.3 Å². The number of hydrogen-bond donors (Lipinski definition) is 0. The molecule has 1 aliphatic heterocycles. The predicted molar refractivity (Wildman–Crippen MR) is 86.3 cm³/mol. The van der Waals surface area contributed by atoms with Crippen molar-refractivity contribution in [3.8, 4) is 11.3 Å². The zero-order chi connectivity index (χ0) is 19.1. The molecule has 0 radical (unpaired) electrons. The summed E-state index contributed by atoms with van der Waals surface area (Å²) in [5.41, 5.74) is -0.289. The first-order valence-electron chi connectivity index (χ1n) is 7.96. The molecule has 1 atom stereocenters. The second kappa shape index (κ2) is 6.90. The van der Waals surface area contributed by atoms with Gasteiger partial charge in [-0.1, -0.05) is 22.8 Å². The van der Waals surface area contributed by atoms with Gasteiger partial charge < -0.3 is 9.42 Å². The van der Waals surface area contributed by atoms with E-state index >= 15 is 0 Å². The molecule has 1 amide bonds. The molecule has 0 saturated carbocycles. The van der Waals surface area contributed by atoms with Gasteiger partial charge in [0.25, 0.3) is 5.91 Å². The van der Waals surface area contributed by atoms with Crippen molar-refractivity contribution in [3.05, 3.63) is 40.4 Å². The number of carbonyl (C=O) groups is 1. The fraction of sp³-hybridized carbons (Fsp3) is 0.412. The maximum absolute atomic E-state index is 14.2. The number of rotatable bonds is 2. The van der Waals surface area contributed by atoms with Crippen LogP contribution < -0.4 is 0 Å². The lowest BCUT2D eigenvalue weighted by Gasteiger charge is -2.33. The molecule has 140 valence electrons. The Hall–Kier alpha value is -2.09. The molecule has 9 heteroatoms. The van der Waals surface area contributed by atoms with Gasteiger partial charge in [-0.3, -0.25) is 4.79 Å². The number of nitrogens with zero attached hydrogens (tertiary/aromatic N) is 2. The first-order valence-corrected chi connectivity index (χ1v) is 8.34. The minimum absolute atomic E-state index is 0.0259. The van der Waals surface area contributed by atoms with Gasteiger partial charge in [0.05, 0.1) is 16.5 Å². The van der Waals surface area contributed by atoms with Gasteiger partial charge in [-0.05, 0) is 31.9 Å². The Labute approximate surface area is 151 Å². The molecule has 0 bridgehead atoms. The Balaban J connectivity index is 1.98. The molecule has 0 aliphatic carbocycles. The van der Waals surface area contributed by atoms with E-state index in [1.54, 1.807) is 0 Å². The molecule has 1 aromatic heterocycles. The SMILES string of the molecule is Cc1onc(-c2c(F)cccc2Cl)c1C(=O)N1CCCC(C(F)(F)F)C1. The van der Waals surface area contributed by atoms with E-state index < -0.39 is 30.4 Å². The van der Waals surface area contributed by atoms with Crippen LogP contribution in [0.2, 0.25) is 5.02 Å². The quantitative estimate of drug-likeness (QED) is 0.688. The van der Waals surface area contributed by atoms with Crippen LogP contribution >= 0.6 is 11.6 Å². The van der Waals surface area contributed by atoms with Crippen molar-refractivity contribution in [1.29, 1.82) is 0 Å². The van der Waals surface area contributed by atoms with E-state index in [9.17, 15) is 22.4 Å². The van der Waals surface area contributed by atoms with Crippen molar-refractivity contribution in [2.45, 2.75) is 25.9 Å². The van der Waals surface area contributed by atoms with Gasteiger partial charge >= 0.3 is 6.18 Å². The second-order valence-electron chi connectivity index (χ2n) is 6.19. The number of alkyl halides is 3. The fourth-order valence-electron chi connectivity index (χ4n) is 3.11. The van der Waals surface area contributed by atoms with E-state index in [0.29, 0.717) is 0 Å². The molecule has 2 heterocycles. The van der Waals surface area contributed by atoms with Crippen LogP contribution in [0.4, 0.5) is 17.6 Å². The van der Waals surface area contributed by atoms with Gasteiger partial charge in [-0.2, -0.15) is 13.2 Å². The van der Waals surface area contributed by atoms with Crippen LogP contribution in [-0.4, -0.2) is 35.2 Å². The average molecular weight is 391 g/mol. The average Bonchev–Trinajstić information content (AvgIpc) is 2.95. The number of carbonyl (C=O) groups excluding carboxylic acids is 1. The fourth-order valence-corrected chi connectivity index (χ4v) is 3.36. The van der Waals surface area contributed by atoms with Crippen molar-refractivity contribution < 1.29 is 26.9 Å². The van der Waals surface area contributed by atoms with Gasteiger partial charge in [0.15, 0.2) is 0 Å². The third-order valence-corrected chi connectivity index (χ3v) is 4.76. The second-order valence-corrected chi connectivity index (χ2v) is 6.60. The van der Waals surface area contributed by atoms with E-state index in [2.05, 4.69) is 5.16 Å². The lowest BCUT2D eigenvalue weighted by atomic mass is 9.96. The molecule has 1 aliphatic rings. The smallest absolute Gasteiger partial charge is 0.360 e. The van der Waals surface area contributed by atoms with Crippen LogP contribution in [-0.2, 0) is 0 Å². The Morgan fingerprint density at radius 2 is 2.12 bits per heavy atom. The van der Waals surface area contributed by atoms with Gasteiger partial charge in [-0.15, -0.1) is 0 Å². The van der Waals surface area contributed by atoms with E-state index in [4.69, 9.17) is 16.1 Å².